The number of anilines is 1. The zero-order chi connectivity index (χ0) is 13.4. The van der Waals surface area contributed by atoms with Crippen LogP contribution in [0.4, 0.5) is 5.69 Å². The van der Waals surface area contributed by atoms with E-state index in [2.05, 4.69) is 20.9 Å². The van der Waals surface area contributed by atoms with E-state index in [4.69, 9.17) is 5.73 Å². The number of aromatic amines is 1. The second kappa shape index (κ2) is 4.55. The highest BCUT2D eigenvalue weighted by Gasteiger charge is 2.14. The van der Waals surface area contributed by atoms with Crippen LogP contribution >= 0.6 is 15.9 Å². The first-order valence-electron chi connectivity index (χ1n) is 5.82. The molecule has 0 amide bonds. The minimum Gasteiger partial charge on any atom is -0.399 e. The molecule has 0 spiro atoms. The maximum atomic E-state index is 12.5. The second-order valence-electron chi connectivity index (χ2n) is 4.35. The van der Waals surface area contributed by atoms with Crippen LogP contribution in [-0.2, 0) is 0 Å². The number of rotatable bonds is 2. The van der Waals surface area contributed by atoms with Crippen molar-refractivity contribution in [2.45, 2.75) is 0 Å². The van der Waals surface area contributed by atoms with Gasteiger partial charge >= 0.3 is 0 Å². The van der Waals surface area contributed by atoms with E-state index in [1.165, 1.54) is 0 Å². The zero-order valence-corrected chi connectivity index (χ0v) is 11.6. The summed E-state index contributed by atoms with van der Waals surface area (Å²) < 4.78 is 0.802. The van der Waals surface area contributed by atoms with E-state index in [1.54, 1.807) is 24.4 Å². The fourth-order valence-electron chi connectivity index (χ4n) is 2.16. The van der Waals surface area contributed by atoms with Crippen LogP contribution in [0.3, 0.4) is 0 Å². The molecule has 2 aromatic carbocycles. The number of hydrogen-bond acceptors (Lipinski definition) is 2. The predicted molar refractivity (Wildman–Crippen MR) is 80.3 cm³/mol. The minimum absolute atomic E-state index is 0.0366. The number of carbonyl (C=O) groups is 1. The molecule has 0 atom stereocenters. The van der Waals surface area contributed by atoms with Crippen LogP contribution in [0, 0.1) is 0 Å². The number of hydrogen-bond donors (Lipinski definition) is 2. The number of aromatic nitrogens is 1. The van der Waals surface area contributed by atoms with Gasteiger partial charge in [0.2, 0.25) is 0 Å². The summed E-state index contributed by atoms with van der Waals surface area (Å²) in [6, 6.07) is 13.0. The summed E-state index contributed by atoms with van der Waals surface area (Å²) in [5, 5.41) is 0.922. The highest BCUT2D eigenvalue weighted by atomic mass is 79.9. The first-order valence-corrected chi connectivity index (χ1v) is 6.61. The van der Waals surface area contributed by atoms with Gasteiger partial charge in [-0.05, 0) is 24.3 Å². The summed E-state index contributed by atoms with van der Waals surface area (Å²) in [5.74, 6) is -0.0366. The Labute approximate surface area is 118 Å². The maximum absolute atomic E-state index is 12.5. The van der Waals surface area contributed by atoms with Crippen molar-refractivity contribution in [2.75, 3.05) is 5.73 Å². The van der Waals surface area contributed by atoms with Crippen LogP contribution in [0.15, 0.2) is 53.1 Å². The van der Waals surface area contributed by atoms with Crippen molar-refractivity contribution >= 4 is 38.3 Å². The number of H-pyrrole nitrogens is 1. The number of carbonyl (C=O) groups excluding carboxylic acids is 1. The van der Waals surface area contributed by atoms with Gasteiger partial charge in [-0.2, -0.15) is 0 Å². The van der Waals surface area contributed by atoms with E-state index in [-0.39, 0.29) is 5.78 Å². The van der Waals surface area contributed by atoms with Gasteiger partial charge in [-0.15, -0.1) is 0 Å². The quantitative estimate of drug-likeness (QED) is 0.559. The SMILES string of the molecule is Nc1cc(Br)cc(C(=O)c2c[nH]c3ccccc23)c1. The summed E-state index contributed by atoms with van der Waals surface area (Å²) in [6.45, 7) is 0. The van der Waals surface area contributed by atoms with Crippen molar-refractivity contribution < 1.29 is 4.79 Å². The summed E-state index contributed by atoms with van der Waals surface area (Å²) in [4.78, 5) is 15.6. The minimum atomic E-state index is -0.0366. The number of nitrogens with one attached hydrogen (secondary N) is 1. The lowest BCUT2D eigenvalue weighted by Gasteiger charge is -2.03. The molecule has 3 aromatic rings. The van der Waals surface area contributed by atoms with Gasteiger partial charge in [-0.25, -0.2) is 0 Å². The van der Waals surface area contributed by atoms with Gasteiger partial charge in [0.05, 0.1) is 0 Å². The normalized spacial score (nSPS) is 10.8. The van der Waals surface area contributed by atoms with Gasteiger partial charge < -0.3 is 10.7 Å². The second-order valence-corrected chi connectivity index (χ2v) is 5.27. The number of fused-ring (bicyclic) bond motifs is 1. The van der Waals surface area contributed by atoms with Crippen LogP contribution in [0.25, 0.3) is 10.9 Å². The summed E-state index contributed by atoms with van der Waals surface area (Å²) in [5.41, 5.74) is 8.53. The van der Waals surface area contributed by atoms with E-state index in [0.29, 0.717) is 16.8 Å². The number of benzene rings is 2. The molecular weight excluding hydrogens is 304 g/mol. The molecule has 94 valence electrons. The van der Waals surface area contributed by atoms with Gasteiger partial charge in [0, 0.05) is 38.4 Å². The smallest absolute Gasteiger partial charge is 0.195 e. The van der Waals surface area contributed by atoms with Crippen LogP contribution in [-0.4, -0.2) is 10.8 Å². The average molecular weight is 315 g/mol. The molecular formula is C15H11BrN2O. The Bertz CT molecular complexity index is 756. The Morgan fingerprint density at radius 3 is 2.74 bits per heavy atom. The largest absolute Gasteiger partial charge is 0.399 e. The fraction of sp³-hybridized carbons (Fsp3) is 0. The maximum Gasteiger partial charge on any atom is 0.195 e. The third kappa shape index (κ3) is 2.15. The number of nitrogen functional groups attached to an aromatic ring is 1. The lowest BCUT2D eigenvalue weighted by Crippen LogP contribution is -2.01. The third-order valence-electron chi connectivity index (χ3n) is 3.02. The van der Waals surface area contributed by atoms with Crippen molar-refractivity contribution in [2.24, 2.45) is 0 Å². The molecule has 19 heavy (non-hydrogen) atoms. The molecule has 0 saturated carbocycles. The van der Waals surface area contributed by atoms with Crippen molar-refractivity contribution in [1.29, 1.82) is 0 Å². The molecule has 0 radical (unpaired) electrons. The Kier molecular flexibility index (Phi) is 2.87. The molecule has 0 unspecified atom stereocenters. The van der Waals surface area contributed by atoms with Crippen molar-refractivity contribution in [3.63, 3.8) is 0 Å². The molecule has 0 aliphatic heterocycles. The van der Waals surface area contributed by atoms with Crippen LogP contribution in [0.1, 0.15) is 15.9 Å². The molecule has 1 aromatic heterocycles. The Hall–Kier alpha value is -2.07. The van der Waals surface area contributed by atoms with Crippen LogP contribution in [0.5, 0.6) is 0 Å². The number of halogens is 1. The molecule has 0 fully saturated rings. The standard InChI is InChI=1S/C15H11BrN2O/c16-10-5-9(6-11(17)7-10)15(19)13-8-18-14-4-2-1-3-12(13)14/h1-8,18H,17H2. The molecule has 0 aliphatic rings. The molecule has 0 aliphatic carbocycles. The molecule has 3 rings (SSSR count). The van der Waals surface area contributed by atoms with E-state index in [9.17, 15) is 4.79 Å². The Balaban J connectivity index is 2.13. The van der Waals surface area contributed by atoms with Gasteiger partial charge in [-0.1, -0.05) is 34.1 Å². The summed E-state index contributed by atoms with van der Waals surface area (Å²) in [6.07, 6.45) is 1.74. The van der Waals surface area contributed by atoms with Gasteiger partial charge in [-0.3, -0.25) is 4.79 Å². The van der Waals surface area contributed by atoms with E-state index < -0.39 is 0 Å². The Morgan fingerprint density at radius 1 is 1.16 bits per heavy atom. The lowest BCUT2D eigenvalue weighted by molar-refractivity contribution is 0.104. The number of nitrogens with two attached hydrogens (primary N) is 1. The van der Waals surface area contributed by atoms with Crippen molar-refractivity contribution in [1.82, 2.24) is 4.98 Å². The third-order valence-corrected chi connectivity index (χ3v) is 3.47. The van der Waals surface area contributed by atoms with Crippen LogP contribution in [0.2, 0.25) is 0 Å². The number of ketones is 1. The van der Waals surface area contributed by atoms with Crippen molar-refractivity contribution in [3.05, 3.63) is 64.3 Å². The predicted octanol–water partition coefficient (Wildman–Crippen LogP) is 3.74. The van der Waals surface area contributed by atoms with Crippen LogP contribution < -0.4 is 5.73 Å². The van der Waals surface area contributed by atoms with Gasteiger partial charge in [0.1, 0.15) is 0 Å². The first kappa shape index (κ1) is 12.0. The highest BCUT2D eigenvalue weighted by Crippen LogP contribution is 2.24. The summed E-state index contributed by atoms with van der Waals surface area (Å²) >= 11 is 3.35. The van der Waals surface area contributed by atoms with E-state index >= 15 is 0 Å². The first-order chi connectivity index (χ1) is 9.15. The topological polar surface area (TPSA) is 58.9 Å². The molecule has 3 N–H and O–H groups in total. The van der Waals surface area contributed by atoms with E-state index in [0.717, 1.165) is 15.4 Å². The Morgan fingerprint density at radius 2 is 1.95 bits per heavy atom. The van der Waals surface area contributed by atoms with Crippen molar-refractivity contribution in [3.8, 4) is 0 Å². The molecule has 0 saturated heterocycles. The molecule has 1 heterocycles. The molecule has 4 heteroatoms. The lowest BCUT2D eigenvalue weighted by atomic mass is 10.0. The van der Waals surface area contributed by atoms with Gasteiger partial charge in [0.15, 0.2) is 5.78 Å². The zero-order valence-electron chi connectivity index (χ0n) is 9.98. The fourth-order valence-corrected chi connectivity index (χ4v) is 2.67. The monoisotopic (exact) mass is 314 g/mol. The van der Waals surface area contributed by atoms with Gasteiger partial charge in [0.25, 0.3) is 0 Å². The molecule has 0 bridgehead atoms. The molecule has 3 nitrogen and oxygen atoms in total. The average Bonchev–Trinajstić information content (AvgIpc) is 2.80. The summed E-state index contributed by atoms with van der Waals surface area (Å²) in [7, 11) is 0. The highest BCUT2D eigenvalue weighted by molar-refractivity contribution is 9.10. The van der Waals surface area contributed by atoms with E-state index in [1.807, 2.05) is 24.3 Å². The number of para-hydroxylation sites is 1.